The van der Waals surface area contributed by atoms with Crippen LogP contribution >= 0.6 is 0 Å². The summed E-state index contributed by atoms with van der Waals surface area (Å²) in [7, 11) is 0. The molecule has 29 heavy (non-hydrogen) atoms. The molecule has 6 heteroatoms. The summed E-state index contributed by atoms with van der Waals surface area (Å²) >= 11 is 0. The number of para-hydroxylation sites is 1. The van der Waals surface area contributed by atoms with Crippen molar-refractivity contribution in [2.45, 2.75) is 19.4 Å². The second-order valence-corrected chi connectivity index (χ2v) is 7.49. The zero-order chi connectivity index (χ0) is 20.5. The molecule has 2 aromatic carbocycles. The lowest BCUT2D eigenvalue weighted by Gasteiger charge is -2.27. The molecule has 6 nitrogen and oxygen atoms in total. The lowest BCUT2D eigenvalue weighted by atomic mass is 10.2. The van der Waals surface area contributed by atoms with E-state index in [1.807, 2.05) is 36.4 Å². The monoisotopic (exact) mass is 394 g/mol. The maximum atomic E-state index is 13.0. The molecule has 1 saturated heterocycles. The number of hydrogen-bond acceptors (Lipinski definition) is 4. The van der Waals surface area contributed by atoms with Crippen molar-refractivity contribution in [3.05, 3.63) is 66.2 Å². The fourth-order valence-electron chi connectivity index (χ4n) is 3.69. The standard InChI is InChI=1S/C23H30N4O2/c24-22(28)12-15-27(21-10-5-2-6-11-21)23(29)19-26-14-7-13-25(16-17-26)18-20-8-3-1-4-9-20/h1-6,8-11H,7,12-19H2,(H2,24,28). The van der Waals surface area contributed by atoms with Gasteiger partial charge in [0.05, 0.1) is 6.54 Å². The Hall–Kier alpha value is -2.70. The zero-order valence-corrected chi connectivity index (χ0v) is 16.9. The summed E-state index contributed by atoms with van der Waals surface area (Å²) < 4.78 is 0. The molecule has 2 N–H and O–H groups in total. The topological polar surface area (TPSA) is 69.9 Å². The van der Waals surface area contributed by atoms with Gasteiger partial charge in [-0.25, -0.2) is 0 Å². The number of carbonyl (C=O) groups is 2. The number of amides is 2. The van der Waals surface area contributed by atoms with Crippen molar-refractivity contribution in [3.8, 4) is 0 Å². The largest absolute Gasteiger partial charge is 0.370 e. The highest BCUT2D eigenvalue weighted by Gasteiger charge is 2.22. The number of hydrogen-bond donors (Lipinski definition) is 1. The van der Waals surface area contributed by atoms with Crippen LogP contribution in [0.3, 0.4) is 0 Å². The van der Waals surface area contributed by atoms with Gasteiger partial charge in [0, 0.05) is 38.3 Å². The highest BCUT2D eigenvalue weighted by molar-refractivity contribution is 5.95. The van der Waals surface area contributed by atoms with Crippen LogP contribution in [0.15, 0.2) is 60.7 Å². The fourth-order valence-corrected chi connectivity index (χ4v) is 3.69. The number of carbonyl (C=O) groups excluding carboxylic acids is 2. The second-order valence-electron chi connectivity index (χ2n) is 7.49. The number of nitrogens with zero attached hydrogens (tertiary/aromatic N) is 3. The van der Waals surface area contributed by atoms with Gasteiger partial charge in [-0.2, -0.15) is 0 Å². The molecule has 0 saturated carbocycles. The first kappa shape index (κ1) is 21.0. The Balaban J connectivity index is 1.57. The molecule has 3 rings (SSSR count). The molecule has 0 unspecified atom stereocenters. The van der Waals surface area contributed by atoms with E-state index in [4.69, 9.17) is 5.73 Å². The molecule has 1 heterocycles. The average molecular weight is 395 g/mol. The van der Waals surface area contributed by atoms with Crippen molar-refractivity contribution >= 4 is 17.5 Å². The molecular formula is C23H30N4O2. The van der Waals surface area contributed by atoms with Gasteiger partial charge < -0.3 is 10.6 Å². The highest BCUT2D eigenvalue weighted by atomic mass is 16.2. The van der Waals surface area contributed by atoms with Crippen molar-refractivity contribution < 1.29 is 9.59 Å². The third kappa shape index (κ3) is 6.69. The first-order chi connectivity index (χ1) is 14.1. The van der Waals surface area contributed by atoms with E-state index in [0.29, 0.717) is 13.1 Å². The van der Waals surface area contributed by atoms with Gasteiger partial charge in [-0.15, -0.1) is 0 Å². The highest BCUT2D eigenvalue weighted by Crippen LogP contribution is 2.15. The van der Waals surface area contributed by atoms with Crippen molar-refractivity contribution in [2.24, 2.45) is 5.73 Å². The summed E-state index contributed by atoms with van der Waals surface area (Å²) in [5, 5.41) is 0. The van der Waals surface area contributed by atoms with Crippen LogP contribution in [0.25, 0.3) is 0 Å². The summed E-state index contributed by atoms with van der Waals surface area (Å²) in [6.45, 7) is 5.33. The van der Waals surface area contributed by atoms with Crippen LogP contribution in [0.4, 0.5) is 5.69 Å². The van der Waals surface area contributed by atoms with Crippen molar-refractivity contribution in [2.75, 3.05) is 44.2 Å². The Morgan fingerprint density at radius 2 is 1.48 bits per heavy atom. The molecule has 0 radical (unpaired) electrons. The van der Waals surface area contributed by atoms with Gasteiger partial charge in [0.25, 0.3) is 0 Å². The van der Waals surface area contributed by atoms with E-state index in [1.165, 1.54) is 5.56 Å². The van der Waals surface area contributed by atoms with Gasteiger partial charge >= 0.3 is 0 Å². The molecule has 0 aliphatic carbocycles. The number of nitrogens with two attached hydrogens (primary N) is 1. The van der Waals surface area contributed by atoms with Gasteiger partial charge in [0.15, 0.2) is 0 Å². The van der Waals surface area contributed by atoms with Crippen molar-refractivity contribution in [1.82, 2.24) is 9.80 Å². The lowest BCUT2D eigenvalue weighted by molar-refractivity contribution is -0.120. The minimum Gasteiger partial charge on any atom is -0.370 e. The SMILES string of the molecule is NC(=O)CCN(C(=O)CN1CCCN(Cc2ccccc2)CC1)c1ccccc1. The predicted octanol–water partition coefficient (Wildman–Crippen LogP) is 2.10. The molecule has 2 amide bonds. The van der Waals surface area contributed by atoms with Gasteiger partial charge in [-0.1, -0.05) is 48.5 Å². The van der Waals surface area contributed by atoms with E-state index in [1.54, 1.807) is 4.90 Å². The average Bonchev–Trinajstić information content (AvgIpc) is 2.94. The zero-order valence-electron chi connectivity index (χ0n) is 16.9. The van der Waals surface area contributed by atoms with E-state index in [9.17, 15) is 9.59 Å². The van der Waals surface area contributed by atoms with Crippen molar-refractivity contribution in [1.29, 1.82) is 0 Å². The summed E-state index contributed by atoms with van der Waals surface area (Å²) in [6, 6.07) is 20.0. The van der Waals surface area contributed by atoms with E-state index >= 15 is 0 Å². The van der Waals surface area contributed by atoms with E-state index in [2.05, 4.69) is 34.1 Å². The fraction of sp³-hybridized carbons (Fsp3) is 0.391. The van der Waals surface area contributed by atoms with Crippen LogP contribution in [-0.4, -0.2) is 60.9 Å². The van der Waals surface area contributed by atoms with Crippen LogP contribution in [0, 0.1) is 0 Å². The van der Waals surface area contributed by atoms with Crippen LogP contribution in [0.1, 0.15) is 18.4 Å². The van der Waals surface area contributed by atoms with Crippen LogP contribution < -0.4 is 10.6 Å². The summed E-state index contributed by atoms with van der Waals surface area (Å²) in [5.41, 5.74) is 7.43. The third-order valence-electron chi connectivity index (χ3n) is 5.24. The molecule has 0 spiro atoms. The summed E-state index contributed by atoms with van der Waals surface area (Å²) in [4.78, 5) is 30.6. The van der Waals surface area contributed by atoms with Crippen LogP contribution in [0.5, 0.6) is 0 Å². The number of rotatable bonds is 8. The minimum absolute atomic E-state index is 0.00830. The second kappa shape index (κ2) is 10.7. The molecule has 0 aromatic heterocycles. The third-order valence-corrected chi connectivity index (χ3v) is 5.24. The molecule has 1 aliphatic heterocycles. The quantitative estimate of drug-likeness (QED) is 0.744. The van der Waals surface area contributed by atoms with E-state index in [-0.39, 0.29) is 12.3 Å². The molecule has 0 atom stereocenters. The Morgan fingerprint density at radius 3 is 2.17 bits per heavy atom. The van der Waals surface area contributed by atoms with Crippen LogP contribution in [-0.2, 0) is 16.1 Å². The smallest absolute Gasteiger partial charge is 0.241 e. The van der Waals surface area contributed by atoms with E-state index < -0.39 is 5.91 Å². The number of anilines is 1. The molecule has 1 aliphatic rings. The Kier molecular flexibility index (Phi) is 7.78. The Bertz CT molecular complexity index is 782. The van der Waals surface area contributed by atoms with Gasteiger partial charge in [-0.05, 0) is 37.2 Å². The number of benzene rings is 2. The normalized spacial score (nSPS) is 15.6. The molecule has 0 bridgehead atoms. The van der Waals surface area contributed by atoms with Gasteiger partial charge in [-0.3, -0.25) is 19.4 Å². The first-order valence-electron chi connectivity index (χ1n) is 10.2. The summed E-state index contributed by atoms with van der Waals surface area (Å²) in [5.74, 6) is -0.390. The summed E-state index contributed by atoms with van der Waals surface area (Å²) in [6.07, 6.45) is 1.19. The Labute approximate surface area is 172 Å². The van der Waals surface area contributed by atoms with E-state index in [0.717, 1.165) is 44.8 Å². The first-order valence-corrected chi connectivity index (χ1v) is 10.2. The molecule has 154 valence electrons. The number of primary amides is 1. The molecular weight excluding hydrogens is 364 g/mol. The van der Waals surface area contributed by atoms with Gasteiger partial charge in [0.2, 0.25) is 11.8 Å². The maximum absolute atomic E-state index is 13.0. The predicted molar refractivity (Wildman–Crippen MR) is 115 cm³/mol. The Morgan fingerprint density at radius 1 is 0.862 bits per heavy atom. The van der Waals surface area contributed by atoms with Crippen LogP contribution in [0.2, 0.25) is 0 Å². The maximum Gasteiger partial charge on any atom is 0.241 e. The van der Waals surface area contributed by atoms with Gasteiger partial charge in [0.1, 0.15) is 0 Å². The molecule has 2 aromatic rings. The van der Waals surface area contributed by atoms with Crippen molar-refractivity contribution in [3.63, 3.8) is 0 Å². The molecule has 1 fully saturated rings. The minimum atomic E-state index is -0.398. The lowest BCUT2D eigenvalue weighted by Crippen LogP contribution is -2.43.